The molecule has 9 rings (SSSR count). The van der Waals surface area contributed by atoms with Crippen LogP contribution in [0.25, 0.3) is 22.3 Å². The van der Waals surface area contributed by atoms with E-state index in [1.807, 2.05) is 109 Å². The van der Waals surface area contributed by atoms with Crippen LogP contribution in [0.15, 0.2) is 201 Å². The lowest BCUT2D eigenvalue weighted by Gasteiger charge is -2.12. The van der Waals surface area contributed by atoms with Crippen molar-refractivity contribution in [3.8, 4) is 11.5 Å². The summed E-state index contributed by atoms with van der Waals surface area (Å²) in [5, 5.41) is 20.3. The summed E-state index contributed by atoms with van der Waals surface area (Å²) < 4.78 is 0. The van der Waals surface area contributed by atoms with Gasteiger partial charge in [0.2, 0.25) is 0 Å². The molecule has 0 radical (unpaired) electrons. The predicted molar refractivity (Wildman–Crippen MR) is 203 cm³/mol. The van der Waals surface area contributed by atoms with E-state index in [9.17, 15) is 10.2 Å². The van der Waals surface area contributed by atoms with Gasteiger partial charge >= 0.3 is 0 Å². The van der Waals surface area contributed by atoms with Gasteiger partial charge in [-0.05, 0) is 95.1 Å². The lowest BCUT2D eigenvalue weighted by atomic mass is 9.98. The number of benzene rings is 4. The molecule has 4 aromatic carbocycles. The topological polar surface area (TPSA) is 89.9 Å². The minimum absolute atomic E-state index is 0.189. The molecule has 0 saturated heterocycles. The van der Waals surface area contributed by atoms with E-state index in [1.165, 1.54) is 0 Å². The Hall–Kier alpha value is -6.92. The highest BCUT2D eigenvalue weighted by molar-refractivity contribution is 6.39. The number of phenolic OH excluding ortho intramolecular Hbond substituents is 2. The fourth-order valence-electron chi connectivity index (χ4n) is 6.74. The first-order chi connectivity index (χ1) is 24.6. The van der Waals surface area contributed by atoms with Gasteiger partial charge in [-0.3, -0.25) is 0 Å². The Morgan fingerprint density at radius 2 is 0.540 bits per heavy atom. The summed E-state index contributed by atoms with van der Waals surface area (Å²) in [4.78, 5) is 21.0. The van der Waals surface area contributed by atoms with Gasteiger partial charge in [0, 0.05) is 22.3 Å². The van der Waals surface area contributed by atoms with Crippen molar-refractivity contribution in [2.24, 2.45) is 20.0 Å². The summed E-state index contributed by atoms with van der Waals surface area (Å²) in [6.07, 6.45) is 16.2. The molecule has 2 N–H and O–H groups in total. The largest absolute Gasteiger partial charge is 0.508 e. The minimum atomic E-state index is 0.189. The van der Waals surface area contributed by atoms with E-state index in [0.29, 0.717) is 0 Å². The summed E-state index contributed by atoms with van der Waals surface area (Å²) in [6, 6.07) is 34.7. The number of allylic oxidation sites excluding steroid dienone is 12. The number of rotatable bonds is 4. The molecule has 8 bridgehead atoms. The third-order valence-corrected chi connectivity index (χ3v) is 9.05. The van der Waals surface area contributed by atoms with E-state index in [0.717, 1.165) is 90.2 Å². The molecule has 0 unspecified atom stereocenters. The van der Waals surface area contributed by atoms with Crippen molar-refractivity contribution in [1.29, 1.82) is 0 Å². The smallest absolute Gasteiger partial charge is 0.115 e. The van der Waals surface area contributed by atoms with Gasteiger partial charge in [0.15, 0.2) is 0 Å². The zero-order chi connectivity index (χ0) is 33.6. The molecule has 0 saturated carbocycles. The first kappa shape index (κ1) is 29.2. The van der Waals surface area contributed by atoms with Crippen LogP contribution in [0.2, 0.25) is 0 Å². The van der Waals surface area contributed by atoms with Gasteiger partial charge in [-0.2, -0.15) is 0 Å². The second kappa shape index (κ2) is 12.0. The Morgan fingerprint density at radius 1 is 0.280 bits per heavy atom. The van der Waals surface area contributed by atoms with Crippen LogP contribution in [0, 0.1) is 0 Å². The Balaban J connectivity index is 1.37. The molecule has 5 aliphatic heterocycles. The molecule has 0 amide bonds. The van der Waals surface area contributed by atoms with E-state index in [-0.39, 0.29) is 11.5 Å². The van der Waals surface area contributed by atoms with Gasteiger partial charge in [-0.25, -0.2) is 20.0 Å². The van der Waals surface area contributed by atoms with Crippen molar-refractivity contribution >= 4 is 45.1 Å². The normalized spacial score (nSPS) is 17.6. The Kier molecular flexibility index (Phi) is 6.99. The second-order valence-corrected chi connectivity index (χ2v) is 12.2. The quantitative estimate of drug-likeness (QED) is 0.232. The van der Waals surface area contributed by atoms with Gasteiger partial charge in [0.1, 0.15) is 11.5 Å². The summed E-state index contributed by atoms with van der Waals surface area (Å²) in [6.45, 7) is 0. The molecule has 236 valence electrons. The number of hydrogen-bond donors (Lipinski definition) is 2. The summed E-state index contributed by atoms with van der Waals surface area (Å²) >= 11 is 0. The third-order valence-electron chi connectivity index (χ3n) is 9.05. The van der Waals surface area contributed by atoms with E-state index >= 15 is 0 Å². The lowest BCUT2D eigenvalue weighted by Crippen LogP contribution is -2.03. The van der Waals surface area contributed by atoms with Crippen LogP contribution in [-0.2, 0) is 0 Å². The van der Waals surface area contributed by atoms with Gasteiger partial charge in [0.25, 0.3) is 0 Å². The van der Waals surface area contributed by atoms with Crippen LogP contribution in [0.3, 0.4) is 0 Å². The fourth-order valence-corrected chi connectivity index (χ4v) is 6.74. The molecule has 0 atom stereocenters. The van der Waals surface area contributed by atoms with Gasteiger partial charge in [-0.1, -0.05) is 84.9 Å². The molecule has 0 spiro atoms. The van der Waals surface area contributed by atoms with Gasteiger partial charge in [-0.15, -0.1) is 0 Å². The van der Waals surface area contributed by atoms with Crippen LogP contribution in [-0.4, -0.2) is 33.1 Å². The third kappa shape index (κ3) is 5.16. The predicted octanol–water partition coefficient (Wildman–Crippen LogP) is 9.10. The highest BCUT2D eigenvalue weighted by Crippen LogP contribution is 2.38. The van der Waals surface area contributed by atoms with Crippen molar-refractivity contribution in [1.82, 2.24) is 0 Å². The highest BCUT2D eigenvalue weighted by atomic mass is 16.3. The summed E-state index contributed by atoms with van der Waals surface area (Å²) in [5.41, 5.74) is 13.4. The van der Waals surface area contributed by atoms with Crippen molar-refractivity contribution in [2.45, 2.75) is 0 Å². The van der Waals surface area contributed by atoms with Crippen molar-refractivity contribution in [3.63, 3.8) is 0 Å². The van der Waals surface area contributed by atoms with Crippen molar-refractivity contribution < 1.29 is 10.2 Å². The Labute approximate surface area is 289 Å². The van der Waals surface area contributed by atoms with E-state index in [2.05, 4.69) is 24.3 Å². The molecule has 5 heterocycles. The number of aliphatic imine (C=N–C) groups is 4. The van der Waals surface area contributed by atoms with E-state index in [4.69, 9.17) is 20.0 Å². The molecule has 0 aromatic heterocycles. The number of fused-ring (bicyclic) bond motifs is 4. The number of aromatic hydroxyl groups is 2. The molecule has 0 aliphatic carbocycles. The SMILES string of the molecule is Oc1ccc(C2=C3C=CC(=N3)C(c3ccccc3)=C3C=CC(=N3)C(c3ccc(O)cc3)=C3C=CC(=N3)C(c3ccccc3)=C3C=CC2=N3)cc1. The summed E-state index contributed by atoms with van der Waals surface area (Å²) in [7, 11) is 0. The number of hydrogen-bond acceptors (Lipinski definition) is 6. The van der Waals surface area contributed by atoms with E-state index < -0.39 is 0 Å². The second-order valence-electron chi connectivity index (χ2n) is 12.2. The van der Waals surface area contributed by atoms with Gasteiger partial charge in [0.05, 0.1) is 45.6 Å². The first-order valence-corrected chi connectivity index (χ1v) is 16.3. The van der Waals surface area contributed by atoms with Crippen LogP contribution >= 0.6 is 0 Å². The van der Waals surface area contributed by atoms with Crippen LogP contribution < -0.4 is 0 Å². The molecular formula is C44H28N4O2. The monoisotopic (exact) mass is 644 g/mol. The lowest BCUT2D eigenvalue weighted by molar-refractivity contribution is 0.474. The number of nitrogens with zero attached hydrogens (tertiary/aromatic N) is 4. The van der Waals surface area contributed by atoms with Crippen molar-refractivity contribution in [2.75, 3.05) is 0 Å². The standard InChI is InChI=1S/C44H28N4O2/c49-31-15-11-29(12-16-31)43-37-23-19-33(45-37)41(27-7-3-1-4-8-27)34-20-24-38(46-34)44(30-13-17-32(50)18-14-30)40-26-22-36(48-40)42(28-9-5-2-6-10-28)35-21-25-39(43)47-35/h1-26,49-50H. The molecule has 6 heteroatoms. The first-order valence-electron chi connectivity index (χ1n) is 16.3. The average molecular weight is 645 g/mol. The zero-order valence-corrected chi connectivity index (χ0v) is 26.7. The highest BCUT2D eigenvalue weighted by Gasteiger charge is 2.27. The van der Waals surface area contributed by atoms with Crippen LogP contribution in [0.5, 0.6) is 11.5 Å². The molecule has 0 fully saturated rings. The fraction of sp³-hybridized carbons (Fsp3) is 0. The zero-order valence-electron chi connectivity index (χ0n) is 26.7. The Bertz CT molecular complexity index is 2300. The average Bonchev–Trinajstić information content (AvgIpc) is 3.98. The number of phenols is 2. The Morgan fingerprint density at radius 3 is 0.820 bits per heavy atom. The minimum Gasteiger partial charge on any atom is -0.508 e. The molecule has 50 heavy (non-hydrogen) atoms. The summed E-state index contributed by atoms with van der Waals surface area (Å²) in [5.74, 6) is 0.378. The molecule has 6 nitrogen and oxygen atoms in total. The molecule has 5 aliphatic rings. The molecule has 4 aromatic rings. The molecular weight excluding hydrogens is 617 g/mol. The van der Waals surface area contributed by atoms with Crippen molar-refractivity contribution in [3.05, 3.63) is 203 Å². The van der Waals surface area contributed by atoms with E-state index in [1.54, 1.807) is 24.3 Å². The maximum absolute atomic E-state index is 10.2. The maximum Gasteiger partial charge on any atom is 0.115 e. The van der Waals surface area contributed by atoms with Gasteiger partial charge < -0.3 is 10.2 Å². The maximum atomic E-state index is 10.2. The van der Waals surface area contributed by atoms with Crippen LogP contribution in [0.1, 0.15) is 22.3 Å². The van der Waals surface area contributed by atoms with Crippen LogP contribution in [0.4, 0.5) is 0 Å².